The minimum atomic E-state index is 0.551. The Hall–Kier alpha value is -1.17. The van der Waals surface area contributed by atoms with Crippen LogP contribution in [0.1, 0.15) is 13.3 Å². The molecule has 112 valence electrons. The topological polar surface area (TPSA) is 49.8 Å². The van der Waals surface area contributed by atoms with Crippen LogP contribution in [0.15, 0.2) is 29.4 Å². The molecular weight excluding hydrogens is 327 g/mol. The van der Waals surface area contributed by atoms with Crippen molar-refractivity contribution >= 4 is 52.3 Å². The molecule has 0 spiro atoms. The largest absolute Gasteiger partial charge is 0.370 e. The number of benzene rings is 1. The van der Waals surface area contributed by atoms with E-state index in [-0.39, 0.29) is 0 Å². The van der Waals surface area contributed by atoms with E-state index >= 15 is 0 Å². The highest BCUT2D eigenvalue weighted by Gasteiger charge is 2.09. The minimum Gasteiger partial charge on any atom is -0.370 e. The molecule has 0 fully saturated rings. The van der Waals surface area contributed by atoms with E-state index in [1.807, 2.05) is 12.3 Å². The Bertz CT molecular complexity index is 602. The molecule has 0 radical (unpaired) electrons. The van der Waals surface area contributed by atoms with Crippen molar-refractivity contribution in [1.29, 1.82) is 0 Å². The summed E-state index contributed by atoms with van der Waals surface area (Å²) in [6.07, 6.45) is 2.96. The van der Waals surface area contributed by atoms with Gasteiger partial charge in [0.1, 0.15) is 11.6 Å². The third-order valence-corrected chi connectivity index (χ3v) is 3.84. The average molecular weight is 343 g/mol. The van der Waals surface area contributed by atoms with Gasteiger partial charge in [0.05, 0.1) is 15.7 Å². The van der Waals surface area contributed by atoms with Gasteiger partial charge >= 0.3 is 0 Å². The first-order valence-corrected chi connectivity index (χ1v) is 8.50. The first-order valence-electron chi connectivity index (χ1n) is 6.52. The van der Waals surface area contributed by atoms with Crippen LogP contribution in [0.3, 0.4) is 0 Å². The fraction of sp³-hybridized carbons (Fsp3) is 0.286. The number of anilines is 3. The number of nitrogens with zero attached hydrogens (tertiary/aromatic N) is 2. The Kier molecular flexibility index (Phi) is 5.96. The molecule has 2 N–H and O–H groups in total. The maximum absolute atomic E-state index is 6.17. The number of rotatable bonds is 6. The average Bonchev–Trinajstić information content (AvgIpc) is 2.49. The standard InChI is InChI=1S/C14H16Cl2N4S/c1-3-7-17-11-8-12(20-14(19-11)21-2)18-13-9(15)5-4-6-10(13)16/h4-6,8H,3,7H2,1-2H3,(H2,17,18,19,20). The van der Waals surface area contributed by atoms with E-state index in [0.29, 0.717) is 26.7 Å². The number of thioether (sulfide) groups is 1. The number of hydrogen-bond donors (Lipinski definition) is 2. The van der Waals surface area contributed by atoms with E-state index in [2.05, 4.69) is 27.5 Å². The molecule has 1 heterocycles. The maximum atomic E-state index is 6.17. The SMILES string of the molecule is CCCNc1cc(Nc2c(Cl)cccc2Cl)nc(SC)n1. The van der Waals surface area contributed by atoms with E-state index in [1.54, 1.807) is 18.2 Å². The van der Waals surface area contributed by atoms with Gasteiger partial charge in [-0.05, 0) is 24.8 Å². The van der Waals surface area contributed by atoms with Crippen molar-refractivity contribution in [2.75, 3.05) is 23.4 Å². The monoisotopic (exact) mass is 342 g/mol. The molecule has 0 amide bonds. The van der Waals surface area contributed by atoms with Gasteiger partial charge in [-0.15, -0.1) is 0 Å². The fourth-order valence-electron chi connectivity index (χ4n) is 1.67. The summed E-state index contributed by atoms with van der Waals surface area (Å²) < 4.78 is 0. The molecule has 21 heavy (non-hydrogen) atoms. The smallest absolute Gasteiger partial charge is 0.191 e. The summed E-state index contributed by atoms with van der Waals surface area (Å²) in [5, 5.41) is 8.20. The molecule has 0 saturated heterocycles. The number of hydrogen-bond acceptors (Lipinski definition) is 5. The lowest BCUT2D eigenvalue weighted by Gasteiger charge is -2.12. The molecule has 0 aliphatic heterocycles. The van der Waals surface area contributed by atoms with Gasteiger partial charge < -0.3 is 10.6 Å². The molecule has 1 aromatic heterocycles. The summed E-state index contributed by atoms with van der Waals surface area (Å²) in [5.74, 6) is 1.44. The Morgan fingerprint density at radius 1 is 1.14 bits per heavy atom. The lowest BCUT2D eigenvalue weighted by Crippen LogP contribution is -2.05. The van der Waals surface area contributed by atoms with Crippen LogP contribution in [0, 0.1) is 0 Å². The summed E-state index contributed by atoms with van der Waals surface area (Å²) in [6.45, 7) is 2.96. The second-order valence-electron chi connectivity index (χ2n) is 4.27. The zero-order valence-electron chi connectivity index (χ0n) is 11.8. The highest BCUT2D eigenvalue weighted by molar-refractivity contribution is 7.98. The quantitative estimate of drug-likeness (QED) is 0.566. The van der Waals surface area contributed by atoms with Gasteiger partial charge in [-0.1, -0.05) is 48.0 Å². The van der Waals surface area contributed by atoms with E-state index in [4.69, 9.17) is 23.2 Å². The van der Waals surface area contributed by atoms with E-state index < -0.39 is 0 Å². The lowest BCUT2D eigenvalue weighted by molar-refractivity contribution is 0.929. The van der Waals surface area contributed by atoms with E-state index in [0.717, 1.165) is 18.8 Å². The van der Waals surface area contributed by atoms with Crippen LogP contribution >= 0.6 is 35.0 Å². The van der Waals surface area contributed by atoms with Crippen LogP contribution in [0.4, 0.5) is 17.3 Å². The van der Waals surface area contributed by atoms with Crippen LogP contribution in [0.5, 0.6) is 0 Å². The second kappa shape index (κ2) is 7.73. The molecule has 7 heteroatoms. The molecule has 4 nitrogen and oxygen atoms in total. The van der Waals surface area contributed by atoms with Gasteiger partial charge in [-0.2, -0.15) is 0 Å². The second-order valence-corrected chi connectivity index (χ2v) is 5.86. The first kappa shape index (κ1) is 16.2. The highest BCUT2D eigenvalue weighted by Crippen LogP contribution is 2.32. The number of halogens is 2. The molecule has 0 saturated carbocycles. The molecular formula is C14H16Cl2N4S. The van der Waals surface area contributed by atoms with Crippen LogP contribution < -0.4 is 10.6 Å². The summed E-state index contributed by atoms with van der Waals surface area (Å²) >= 11 is 13.8. The van der Waals surface area contributed by atoms with Gasteiger partial charge in [0, 0.05) is 12.6 Å². The van der Waals surface area contributed by atoms with Gasteiger partial charge in [0.25, 0.3) is 0 Å². The van der Waals surface area contributed by atoms with Crippen molar-refractivity contribution < 1.29 is 0 Å². The Labute approximate surface area is 138 Å². The highest BCUT2D eigenvalue weighted by atomic mass is 35.5. The summed E-state index contributed by atoms with van der Waals surface area (Å²) in [4.78, 5) is 8.83. The third kappa shape index (κ3) is 4.40. The van der Waals surface area contributed by atoms with Gasteiger partial charge in [0.15, 0.2) is 5.16 Å². The van der Waals surface area contributed by atoms with Crippen molar-refractivity contribution in [3.05, 3.63) is 34.3 Å². The van der Waals surface area contributed by atoms with E-state index in [1.165, 1.54) is 11.8 Å². The zero-order valence-corrected chi connectivity index (χ0v) is 14.1. The van der Waals surface area contributed by atoms with Crippen molar-refractivity contribution in [2.45, 2.75) is 18.5 Å². The minimum absolute atomic E-state index is 0.551. The van der Waals surface area contributed by atoms with Gasteiger partial charge in [0.2, 0.25) is 0 Å². The predicted octanol–water partition coefficient (Wildman–Crippen LogP) is 5.07. The molecule has 0 atom stereocenters. The summed E-state index contributed by atoms with van der Waals surface area (Å²) in [6, 6.07) is 7.21. The third-order valence-electron chi connectivity index (χ3n) is 2.66. The van der Waals surface area contributed by atoms with Gasteiger partial charge in [-0.3, -0.25) is 0 Å². The molecule has 1 aromatic carbocycles. The fourth-order valence-corrected chi connectivity index (χ4v) is 2.54. The number of nitrogens with one attached hydrogen (secondary N) is 2. The normalized spacial score (nSPS) is 10.5. The summed E-state index contributed by atoms with van der Waals surface area (Å²) in [7, 11) is 0. The number of para-hydroxylation sites is 1. The number of aromatic nitrogens is 2. The Morgan fingerprint density at radius 2 is 1.81 bits per heavy atom. The Morgan fingerprint density at radius 3 is 2.43 bits per heavy atom. The van der Waals surface area contributed by atoms with Crippen molar-refractivity contribution in [3.63, 3.8) is 0 Å². The lowest BCUT2D eigenvalue weighted by atomic mass is 10.3. The predicted molar refractivity (Wildman–Crippen MR) is 92.3 cm³/mol. The molecule has 0 unspecified atom stereocenters. The summed E-state index contributed by atoms with van der Waals surface area (Å²) in [5.41, 5.74) is 0.646. The van der Waals surface area contributed by atoms with E-state index in [9.17, 15) is 0 Å². The van der Waals surface area contributed by atoms with Crippen LogP contribution in [0.25, 0.3) is 0 Å². The van der Waals surface area contributed by atoms with Crippen LogP contribution in [0.2, 0.25) is 10.0 Å². The first-order chi connectivity index (χ1) is 10.1. The Balaban J connectivity index is 2.30. The zero-order chi connectivity index (χ0) is 15.2. The van der Waals surface area contributed by atoms with Crippen molar-refractivity contribution in [1.82, 2.24) is 9.97 Å². The molecule has 0 bridgehead atoms. The van der Waals surface area contributed by atoms with Gasteiger partial charge in [-0.25, -0.2) is 9.97 Å². The molecule has 0 aliphatic carbocycles. The van der Waals surface area contributed by atoms with Crippen molar-refractivity contribution in [3.8, 4) is 0 Å². The van der Waals surface area contributed by atoms with Crippen LogP contribution in [-0.2, 0) is 0 Å². The molecule has 0 aliphatic rings. The van der Waals surface area contributed by atoms with Crippen molar-refractivity contribution in [2.24, 2.45) is 0 Å². The molecule has 2 rings (SSSR count). The van der Waals surface area contributed by atoms with Crippen LogP contribution in [-0.4, -0.2) is 22.8 Å². The molecule has 2 aromatic rings. The maximum Gasteiger partial charge on any atom is 0.191 e.